The van der Waals surface area contributed by atoms with Crippen molar-refractivity contribution in [2.24, 2.45) is 5.92 Å². The van der Waals surface area contributed by atoms with Gasteiger partial charge in [0.05, 0.1) is 0 Å². The Morgan fingerprint density at radius 3 is 2.69 bits per heavy atom. The fourth-order valence-corrected chi connectivity index (χ4v) is 1.92. The molecule has 1 fully saturated rings. The van der Waals surface area contributed by atoms with E-state index in [2.05, 4.69) is 19.2 Å². The van der Waals surface area contributed by atoms with E-state index in [-0.39, 0.29) is 0 Å². The summed E-state index contributed by atoms with van der Waals surface area (Å²) in [5.74, 6) is 0.904. The van der Waals surface area contributed by atoms with Gasteiger partial charge in [-0.25, -0.2) is 0 Å². The minimum absolute atomic E-state index is 0.725. The maximum absolute atomic E-state index is 5.61. The normalized spacial score (nSPS) is 17.6. The van der Waals surface area contributed by atoms with Crippen LogP contribution in [0.3, 0.4) is 0 Å². The lowest BCUT2D eigenvalue weighted by atomic mass is 10.1. The minimum atomic E-state index is 0.725. The highest BCUT2D eigenvalue weighted by molar-refractivity contribution is 4.72. The van der Waals surface area contributed by atoms with Crippen LogP contribution in [-0.2, 0) is 4.74 Å². The summed E-state index contributed by atoms with van der Waals surface area (Å²) in [4.78, 5) is 0. The Balaban J connectivity index is 1.83. The molecule has 0 heterocycles. The van der Waals surface area contributed by atoms with Crippen LogP contribution in [-0.4, -0.2) is 25.8 Å². The molecule has 1 rings (SSSR count). The van der Waals surface area contributed by atoms with Crippen LogP contribution in [0.15, 0.2) is 0 Å². The number of ether oxygens (including phenoxy) is 1. The van der Waals surface area contributed by atoms with Gasteiger partial charge in [-0.05, 0) is 44.6 Å². The highest BCUT2D eigenvalue weighted by Gasteiger charge is 2.20. The van der Waals surface area contributed by atoms with Gasteiger partial charge < -0.3 is 10.1 Å². The van der Waals surface area contributed by atoms with Gasteiger partial charge in [-0.2, -0.15) is 0 Å². The van der Waals surface area contributed by atoms with Crippen molar-refractivity contribution in [2.75, 3.05) is 19.8 Å². The van der Waals surface area contributed by atoms with Crippen LogP contribution in [0.5, 0.6) is 0 Å². The smallest absolute Gasteiger partial charge is 0.0494 e. The summed E-state index contributed by atoms with van der Waals surface area (Å²) >= 11 is 0. The Bertz CT molecular complexity index is 157. The quantitative estimate of drug-likeness (QED) is 0.546. The summed E-state index contributed by atoms with van der Waals surface area (Å²) in [7, 11) is 0. The fraction of sp³-hybridized carbons (Fsp3) is 1.00. The number of hydrogen-bond acceptors (Lipinski definition) is 2. The molecule has 1 atom stereocenters. The topological polar surface area (TPSA) is 21.3 Å². The molecule has 0 aliphatic heterocycles. The van der Waals surface area contributed by atoms with Crippen LogP contribution in [0.2, 0.25) is 0 Å². The Morgan fingerprint density at radius 2 is 2.06 bits per heavy atom. The predicted molar refractivity (Wildman–Crippen MR) is 69.8 cm³/mol. The number of nitrogens with one attached hydrogen (secondary N) is 1. The van der Waals surface area contributed by atoms with Gasteiger partial charge in [0.25, 0.3) is 0 Å². The summed E-state index contributed by atoms with van der Waals surface area (Å²) in [6.45, 7) is 7.60. The van der Waals surface area contributed by atoms with Crippen LogP contribution < -0.4 is 5.32 Å². The molecule has 0 bridgehead atoms. The zero-order valence-corrected chi connectivity index (χ0v) is 11.1. The first-order valence-corrected chi connectivity index (χ1v) is 7.18. The molecule has 0 amide bonds. The standard InChI is InChI=1S/C14H29NO/c1-3-5-7-14(4-2)15-10-6-11-16-12-13-8-9-13/h13-15H,3-12H2,1-2H3. The van der Waals surface area contributed by atoms with Crippen LogP contribution in [0, 0.1) is 5.92 Å². The average molecular weight is 227 g/mol. The van der Waals surface area contributed by atoms with Crippen LogP contribution in [0.1, 0.15) is 58.8 Å². The second-order valence-electron chi connectivity index (χ2n) is 5.07. The molecule has 1 saturated carbocycles. The first-order valence-electron chi connectivity index (χ1n) is 7.18. The van der Waals surface area contributed by atoms with Crippen molar-refractivity contribution in [1.29, 1.82) is 0 Å². The zero-order chi connectivity index (χ0) is 11.6. The van der Waals surface area contributed by atoms with Gasteiger partial charge in [-0.1, -0.05) is 26.7 Å². The largest absolute Gasteiger partial charge is 0.381 e. The lowest BCUT2D eigenvalue weighted by Gasteiger charge is -2.16. The predicted octanol–water partition coefficient (Wildman–Crippen LogP) is 3.36. The van der Waals surface area contributed by atoms with Crippen LogP contribution >= 0.6 is 0 Å². The third-order valence-corrected chi connectivity index (χ3v) is 3.35. The molecule has 1 unspecified atom stereocenters. The number of hydrogen-bond donors (Lipinski definition) is 1. The monoisotopic (exact) mass is 227 g/mol. The SMILES string of the molecule is CCCCC(CC)NCCCOCC1CC1. The van der Waals surface area contributed by atoms with Gasteiger partial charge in [0.15, 0.2) is 0 Å². The van der Waals surface area contributed by atoms with E-state index >= 15 is 0 Å². The van der Waals surface area contributed by atoms with Crippen molar-refractivity contribution in [3.63, 3.8) is 0 Å². The second kappa shape index (κ2) is 9.00. The van der Waals surface area contributed by atoms with E-state index < -0.39 is 0 Å². The minimum Gasteiger partial charge on any atom is -0.381 e. The van der Waals surface area contributed by atoms with E-state index in [9.17, 15) is 0 Å². The Kier molecular flexibility index (Phi) is 7.87. The third kappa shape index (κ3) is 7.24. The molecule has 16 heavy (non-hydrogen) atoms. The Hall–Kier alpha value is -0.0800. The molecule has 0 aromatic heterocycles. The molecule has 1 aliphatic rings. The van der Waals surface area contributed by atoms with E-state index in [1.54, 1.807) is 0 Å². The molecule has 0 saturated heterocycles. The third-order valence-electron chi connectivity index (χ3n) is 3.35. The molecule has 2 heteroatoms. The molecule has 1 N–H and O–H groups in total. The van der Waals surface area contributed by atoms with Crippen molar-refractivity contribution >= 4 is 0 Å². The maximum atomic E-state index is 5.61. The van der Waals surface area contributed by atoms with Crippen LogP contribution in [0.25, 0.3) is 0 Å². The first kappa shape index (κ1) is 14.0. The lowest BCUT2D eigenvalue weighted by molar-refractivity contribution is 0.121. The lowest BCUT2D eigenvalue weighted by Crippen LogP contribution is -2.29. The van der Waals surface area contributed by atoms with E-state index in [0.717, 1.165) is 38.1 Å². The van der Waals surface area contributed by atoms with Gasteiger partial charge in [-0.15, -0.1) is 0 Å². The maximum Gasteiger partial charge on any atom is 0.0494 e. The van der Waals surface area contributed by atoms with Gasteiger partial charge >= 0.3 is 0 Å². The summed E-state index contributed by atoms with van der Waals surface area (Å²) in [5, 5.41) is 3.63. The highest BCUT2D eigenvalue weighted by atomic mass is 16.5. The van der Waals surface area contributed by atoms with Gasteiger partial charge in [0.2, 0.25) is 0 Å². The van der Waals surface area contributed by atoms with Crippen molar-refractivity contribution < 1.29 is 4.74 Å². The molecule has 96 valence electrons. The Labute approximate surface area is 101 Å². The van der Waals surface area contributed by atoms with Gasteiger partial charge in [0, 0.05) is 19.3 Å². The first-order chi connectivity index (χ1) is 7.86. The molecule has 1 aliphatic carbocycles. The average Bonchev–Trinajstić information content (AvgIpc) is 3.11. The van der Waals surface area contributed by atoms with Crippen molar-refractivity contribution in [3.05, 3.63) is 0 Å². The Morgan fingerprint density at radius 1 is 1.25 bits per heavy atom. The van der Waals surface area contributed by atoms with E-state index in [4.69, 9.17) is 4.74 Å². The summed E-state index contributed by atoms with van der Waals surface area (Å²) in [6.07, 6.45) is 9.20. The molecule has 0 aromatic rings. The summed E-state index contributed by atoms with van der Waals surface area (Å²) in [6, 6.07) is 0.725. The van der Waals surface area contributed by atoms with E-state index in [0.29, 0.717) is 0 Å². The van der Waals surface area contributed by atoms with Crippen molar-refractivity contribution in [2.45, 2.75) is 64.8 Å². The second-order valence-corrected chi connectivity index (χ2v) is 5.07. The highest BCUT2D eigenvalue weighted by Crippen LogP contribution is 2.28. The van der Waals surface area contributed by atoms with Gasteiger partial charge in [0.1, 0.15) is 0 Å². The molecule has 2 nitrogen and oxygen atoms in total. The zero-order valence-electron chi connectivity index (χ0n) is 11.1. The molecule has 0 aromatic carbocycles. The molecule has 0 spiro atoms. The van der Waals surface area contributed by atoms with Crippen LogP contribution in [0.4, 0.5) is 0 Å². The van der Waals surface area contributed by atoms with Gasteiger partial charge in [-0.3, -0.25) is 0 Å². The molecule has 0 radical (unpaired) electrons. The van der Waals surface area contributed by atoms with E-state index in [1.165, 1.54) is 38.5 Å². The number of rotatable bonds is 11. The van der Waals surface area contributed by atoms with Crippen molar-refractivity contribution in [3.8, 4) is 0 Å². The van der Waals surface area contributed by atoms with Crippen molar-refractivity contribution in [1.82, 2.24) is 5.32 Å². The summed E-state index contributed by atoms with van der Waals surface area (Å²) < 4.78 is 5.61. The van der Waals surface area contributed by atoms with E-state index in [1.807, 2.05) is 0 Å². The fourth-order valence-electron chi connectivity index (χ4n) is 1.92. The number of unbranched alkanes of at least 4 members (excludes halogenated alkanes) is 1. The molecular formula is C14H29NO. The summed E-state index contributed by atoms with van der Waals surface area (Å²) in [5.41, 5.74) is 0. The molecular weight excluding hydrogens is 198 g/mol.